The number of hydrogen-bond donors (Lipinski definition) is 1. The lowest BCUT2D eigenvalue weighted by Gasteiger charge is -2.12. The lowest BCUT2D eigenvalue weighted by molar-refractivity contribution is 0.0729. The Morgan fingerprint density at radius 2 is 1.79 bits per heavy atom. The maximum atomic E-state index is 12.9. The Kier molecular flexibility index (Phi) is 3.88. The first-order valence-corrected chi connectivity index (χ1v) is 9.23. The van der Waals surface area contributed by atoms with Crippen molar-refractivity contribution in [1.29, 1.82) is 0 Å². The molecule has 0 saturated heterocycles. The van der Waals surface area contributed by atoms with Crippen LogP contribution in [0, 0.1) is 0 Å². The minimum atomic E-state index is -0.637. The maximum Gasteiger partial charge on any atom is 0.344 e. The van der Waals surface area contributed by atoms with Crippen molar-refractivity contribution >= 4 is 22.8 Å². The molecule has 0 radical (unpaired) electrons. The lowest BCUT2D eigenvalue weighted by Crippen LogP contribution is -2.21. The number of aromatic nitrogens is 1. The van der Waals surface area contributed by atoms with Crippen molar-refractivity contribution < 1.29 is 14.3 Å². The molecule has 4 aromatic rings. The van der Waals surface area contributed by atoms with Crippen LogP contribution in [0.2, 0.25) is 0 Å². The van der Waals surface area contributed by atoms with E-state index >= 15 is 0 Å². The van der Waals surface area contributed by atoms with Gasteiger partial charge in [-0.1, -0.05) is 36.4 Å². The first-order chi connectivity index (χ1) is 14.1. The first-order valence-electron chi connectivity index (χ1n) is 9.23. The normalized spacial score (nSPS) is 11.7. The second-order valence-corrected chi connectivity index (χ2v) is 6.96. The van der Waals surface area contributed by atoms with Crippen LogP contribution in [-0.2, 0) is 6.42 Å². The van der Waals surface area contributed by atoms with E-state index in [4.69, 9.17) is 10.5 Å². The molecule has 0 bridgehead atoms. The number of pyridine rings is 1. The van der Waals surface area contributed by atoms with Gasteiger partial charge in [0.2, 0.25) is 5.91 Å². The van der Waals surface area contributed by atoms with E-state index in [1.165, 1.54) is 0 Å². The van der Waals surface area contributed by atoms with Crippen LogP contribution in [0.5, 0.6) is 5.75 Å². The predicted molar refractivity (Wildman–Crippen MR) is 110 cm³/mol. The number of esters is 1. The Morgan fingerprint density at radius 1 is 0.931 bits per heavy atom. The molecule has 1 amide bonds. The third-order valence-electron chi connectivity index (χ3n) is 5.24. The van der Waals surface area contributed by atoms with Crippen LogP contribution in [0.3, 0.4) is 0 Å². The van der Waals surface area contributed by atoms with E-state index < -0.39 is 11.9 Å². The van der Waals surface area contributed by atoms with Crippen molar-refractivity contribution in [3.8, 4) is 16.9 Å². The van der Waals surface area contributed by atoms with E-state index in [2.05, 4.69) is 4.98 Å². The molecular weight excluding hydrogens is 364 g/mol. The summed E-state index contributed by atoms with van der Waals surface area (Å²) in [7, 11) is 0. The number of fused-ring (bicyclic) bond motifs is 4. The van der Waals surface area contributed by atoms with E-state index in [1.54, 1.807) is 24.4 Å². The zero-order valence-electron chi connectivity index (χ0n) is 15.4. The number of nitrogens with zero attached hydrogens (tertiary/aromatic N) is 1. The molecule has 0 saturated carbocycles. The largest absolute Gasteiger partial charge is 0.423 e. The fraction of sp³-hybridized carbons (Fsp3) is 0.0417. The van der Waals surface area contributed by atoms with Gasteiger partial charge in [0, 0.05) is 17.6 Å². The fourth-order valence-electron chi connectivity index (χ4n) is 3.93. The summed E-state index contributed by atoms with van der Waals surface area (Å²) in [5.74, 6) is -0.893. The zero-order chi connectivity index (χ0) is 20.0. The Balaban J connectivity index is 1.54. The van der Waals surface area contributed by atoms with E-state index in [0.717, 1.165) is 33.2 Å². The van der Waals surface area contributed by atoms with E-state index in [-0.39, 0.29) is 11.1 Å². The Hall–Kier alpha value is -3.99. The van der Waals surface area contributed by atoms with Crippen LogP contribution in [0.25, 0.3) is 22.0 Å². The summed E-state index contributed by atoms with van der Waals surface area (Å²) in [5, 5.41) is 0.945. The third kappa shape index (κ3) is 2.84. The number of hydrogen-bond acceptors (Lipinski definition) is 4. The van der Waals surface area contributed by atoms with Gasteiger partial charge in [-0.2, -0.15) is 0 Å². The van der Waals surface area contributed by atoms with Gasteiger partial charge in [0.25, 0.3) is 0 Å². The highest BCUT2D eigenvalue weighted by Crippen LogP contribution is 2.39. The summed E-state index contributed by atoms with van der Waals surface area (Å²) in [6.07, 6.45) is 2.24. The molecule has 0 unspecified atom stereocenters. The van der Waals surface area contributed by atoms with Gasteiger partial charge in [0.1, 0.15) is 5.75 Å². The summed E-state index contributed by atoms with van der Waals surface area (Å²) >= 11 is 0. The molecule has 140 valence electrons. The highest BCUT2D eigenvalue weighted by atomic mass is 16.5. The minimum Gasteiger partial charge on any atom is -0.423 e. The fourth-order valence-corrected chi connectivity index (χ4v) is 3.93. The van der Waals surface area contributed by atoms with Gasteiger partial charge in [0.05, 0.1) is 16.6 Å². The summed E-state index contributed by atoms with van der Waals surface area (Å²) < 4.78 is 5.55. The molecule has 2 N–H and O–H groups in total. The number of rotatable bonds is 3. The highest BCUT2D eigenvalue weighted by Gasteiger charge is 2.28. The number of carbonyl (C=O) groups excluding carboxylic acids is 2. The molecule has 29 heavy (non-hydrogen) atoms. The number of nitrogens with two attached hydrogens (primary N) is 1. The van der Waals surface area contributed by atoms with E-state index in [0.29, 0.717) is 12.2 Å². The van der Waals surface area contributed by atoms with Gasteiger partial charge >= 0.3 is 5.97 Å². The second-order valence-electron chi connectivity index (χ2n) is 6.96. The molecule has 5 heteroatoms. The Labute approximate surface area is 166 Å². The van der Waals surface area contributed by atoms with Crippen molar-refractivity contribution in [3.05, 3.63) is 95.2 Å². The first kappa shape index (κ1) is 17.1. The van der Waals surface area contributed by atoms with Crippen LogP contribution < -0.4 is 10.5 Å². The van der Waals surface area contributed by atoms with E-state index in [1.807, 2.05) is 48.5 Å². The van der Waals surface area contributed by atoms with Crippen LogP contribution in [-0.4, -0.2) is 16.9 Å². The van der Waals surface area contributed by atoms with Crippen molar-refractivity contribution in [2.75, 3.05) is 0 Å². The van der Waals surface area contributed by atoms with Gasteiger partial charge in [-0.15, -0.1) is 0 Å². The quantitative estimate of drug-likeness (QED) is 0.377. The predicted octanol–water partition coefficient (Wildman–Crippen LogP) is 4.12. The Morgan fingerprint density at radius 3 is 2.66 bits per heavy atom. The molecule has 0 aliphatic heterocycles. The van der Waals surface area contributed by atoms with Crippen molar-refractivity contribution in [3.63, 3.8) is 0 Å². The van der Waals surface area contributed by atoms with E-state index in [9.17, 15) is 9.59 Å². The maximum absolute atomic E-state index is 12.9. The molecule has 1 heterocycles. The van der Waals surface area contributed by atoms with Crippen molar-refractivity contribution in [2.45, 2.75) is 6.42 Å². The van der Waals surface area contributed by atoms with Gasteiger partial charge in [0.15, 0.2) is 0 Å². The topological polar surface area (TPSA) is 82.3 Å². The van der Waals surface area contributed by atoms with Gasteiger partial charge < -0.3 is 10.5 Å². The number of primary amides is 1. The molecule has 0 atom stereocenters. The molecule has 5 nitrogen and oxygen atoms in total. The van der Waals surface area contributed by atoms with Crippen molar-refractivity contribution in [1.82, 2.24) is 4.98 Å². The number of carbonyl (C=O) groups is 2. The molecule has 3 aromatic carbocycles. The molecule has 1 aromatic heterocycles. The molecule has 5 rings (SSSR count). The molecule has 0 spiro atoms. The average Bonchev–Trinajstić information content (AvgIpc) is 3.11. The minimum absolute atomic E-state index is 0.171. The standard InChI is InChI=1S/C24H16N2O3/c25-23(27)22-19(10-9-18-17-6-2-1-4-15(17)12-20(18)22)24(28)29-16-8-7-14-5-3-11-26-21(14)13-16/h1-11,13H,12H2,(H2,25,27). The zero-order valence-corrected chi connectivity index (χ0v) is 15.4. The SMILES string of the molecule is NC(=O)c1c(C(=O)Oc2ccc3cccnc3c2)ccc2c1Cc1ccccc1-2. The monoisotopic (exact) mass is 380 g/mol. The van der Waals surface area contributed by atoms with Crippen molar-refractivity contribution in [2.24, 2.45) is 5.73 Å². The summed E-state index contributed by atoms with van der Waals surface area (Å²) in [4.78, 5) is 29.4. The summed E-state index contributed by atoms with van der Waals surface area (Å²) in [5.41, 5.74) is 10.7. The average molecular weight is 380 g/mol. The lowest BCUT2D eigenvalue weighted by atomic mass is 9.95. The molecule has 1 aliphatic rings. The van der Waals surface area contributed by atoms with Gasteiger partial charge in [-0.3, -0.25) is 9.78 Å². The third-order valence-corrected chi connectivity index (χ3v) is 5.24. The molecular formula is C24H16N2O3. The highest BCUT2D eigenvalue weighted by molar-refractivity contribution is 6.08. The van der Waals surface area contributed by atoms with Gasteiger partial charge in [-0.05, 0) is 52.9 Å². The summed E-state index contributed by atoms with van der Waals surface area (Å²) in [6, 6.07) is 20.4. The van der Waals surface area contributed by atoms with Gasteiger partial charge in [-0.25, -0.2) is 4.79 Å². The van der Waals surface area contributed by atoms with Crippen LogP contribution in [0.1, 0.15) is 31.8 Å². The Bertz CT molecular complexity index is 1310. The number of amides is 1. The molecule has 1 aliphatic carbocycles. The van der Waals surface area contributed by atoms with Crippen LogP contribution in [0.15, 0.2) is 72.9 Å². The van der Waals surface area contributed by atoms with Crippen LogP contribution in [0.4, 0.5) is 0 Å². The number of benzene rings is 3. The van der Waals surface area contributed by atoms with Crippen LogP contribution >= 0.6 is 0 Å². The smallest absolute Gasteiger partial charge is 0.344 e. The number of ether oxygens (including phenoxy) is 1. The molecule has 0 fully saturated rings. The second kappa shape index (κ2) is 6.56. The summed E-state index contributed by atoms with van der Waals surface area (Å²) in [6.45, 7) is 0.